The summed E-state index contributed by atoms with van der Waals surface area (Å²) in [5, 5.41) is 11.0. The number of benzene rings is 2. The number of hydrogen-bond acceptors (Lipinski definition) is 10. The second-order valence-electron chi connectivity index (χ2n) is 10.3. The van der Waals surface area contributed by atoms with Crippen LogP contribution in [0.25, 0.3) is 5.57 Å². The highest BCUT2D eigenvalue weighted by Gasteiger charge is 2.38. The van der Waals surface area contributed by atoms with E-state index in [1.807, 2.05) is 18.2 Å². The number of halogens is 2. The molecule has 1 aromatic heterocycles. The fourth-order valence-corrected chi connectivity index (χ4v) is 5.71. The summed E-state index contributed by atoms with van der Waals surface area (Å²) in [6, 6.07) is 14.4. The van der Waals surface area contributed by atoms with E-state index in [9.17, 15) is 13.6 Å². The first-order valence-corrected chi connectivity index (χ1v) is 14.1. The molecule has 0 spiro atoms. The van der Waals surface area contributed by atoms with Crippen LogP contribution in [0.4, 0.5) is 14.5 Å². The van der Waals surface area contributed by atoms with Crippen molar-refractivity contribution in [2.75, 3.05) is 51.3 Å². The normalized spacial score (nSPS) is 17.7. The number of carbonyl (C=O) groups excluding carboxylic acids is 1. The second kappa shape index (κ2) is 13.7. The standard InChI is InChI=1S/C31H35F2N5O5/c1-20-26(29-36-34-19-42-29)28(22-9-4-6-11-24(22)43-31(32)33)27(21(2)35-20)30(39)41-18-8-13-37-14-16-38(17-15-37)23-10-5-7-12-25(23)40-3/h4-7,9-12,19,28,31,35H,8,13-18H2,1-3H3. The van der Waals surface area contributed by atoms with Crippen LogP contribution in [-0.4, -0.2) is 74.1 Å². The van der Waals surface area contributed by atoms with Crippen molar-refractivity contribution in [1.29, 1.82) is 0 Å². The fraction of sp³-hybridized carbons (Fsp3) is 0.387. The van der Waals surface area contributed by atoms with Gasteiger partial charge in [0.15, 0.2) is 0 Å². The number of piperazine rings is 1. The fourth-order valence-electron chi connectivity index (χ4n) is 5.71. The number of esters is 1. The van der Waals surface area contributed by atoms with Gasteiger partial charge in [-0.3, -0.25) is 4.90 Å². The van der Waals surface area contributed by atoms with Crippen LogP contribution in [0.5, 0.6) is 11.5 Å². The highest BCUT2D eigenvalue weighted by molar-refractivity contribution is 5.97. The van der Waals surface area contributed by atoms with Gasteiger partial charge >= 0.3 is 12.6 Å². The third-order valence-corrected chi connectivity index (χ3v) is 7.67. The Bertz CT molecular complexity index is 1470. The first-order chi connectivity index (χ1) is 20.9. The lowest BCUT2D eigenvalue weighted by atomic mass is 9.80. The molecule has 2 aliphatic heterocycles. The van der Waals surface area contributed by atoms with Gasteiger partial charge in [0.1, 0.15) is 11.5 Å². The molecule has 0 amide bonds. The molecule has 1 atom stereocenters. The van der Waals surface area contributed by atoms with Crippen molar-refractivity contribution in [3.8, 4) is 11.5 Å². The van der Waals surface area contributed by atoms with E-state index in [0.29, 0.717) is 29.0 Å². The summed E-state index contributed by atoms with van der Waals surface area (Å²) in [6.45, 7) is 4.94. The van der Waals surface area contributed by atoms with Gasteiger partial charge in [-0.05, 0) is 38.5 Å². The number of anilines is 1. The molecule has 3 heterocycles. The largest absolute Gasteiger partial charge is 0.495 e. The molecular formula is C31H35F2N5O5. The Kier molecular flexibility index (Phi) is 9.55. The van der Waals surface area contributed by atoms with E-state index in [0.717, 1.165) is 44.2 Å². The lowest BCUT2D eigenvalue weighted by molar-refractivity contribution is -0.139. The number of rotatable bonds is 11. The number of methoxy groups -OCH3 is 1. The van der Waals surface area contributed by atoms with Gasteiger partial charge in [0.25, 0.3) is 0 Å². The van der Waals surface area contributed by atoms with Gasteiger partial charge in [-0.1, -0.05) is 30.3 Å². The Morgan fingerprint density at radius 1 is 1.05 bits per heavy atom. The molecular weight excluding hydrogens is 560 g/mol. The minimum absolute atomic E-state index is 0.0559. The van der Waals surface area contributed by atoms with E-state index in [1.165, 1.54) is 12.5 Å². The number of ether oxygens (including phenoxy) is 3. The van der Waals surface area contributed by atoms with Crippen molar-refractivity contribution in [2.45, 2.75) is 32.8 Å². The first kappa shape index (κ1) is 30.0. The van der Waals surface area contributed by atoms with Gasteiger partial charge in [-0.2, -0.15) is 8.78 Å². The Morgan fingerprint density at radius 3 is 2.47 bits per heavy atom. The lowest BCUT2D eigenvalue weighted by Crippen LogP contribution is -2.46. The minimum Gasteiger partial charge on any atom is -0.495 e. The van der Waals surface area contributed by atoms with Crippen LogP contribution in [-0.2, 0) is 9.53 Å². The molecule has 1 unspecified atom stereocenters. The van der Waals surface area contributed by atoms with Gasteiger partial charge in [0.05, 0.1) is 30.9 Å². The van der Waals surface area contributed by atoms with Crippen molar-refractivity contribution >= 4 is 17.2 Å². The molecule has 43 heavy (non-hydrogen) atoms. The maximum absolute atomic E-state index is 13.6. The van der Waals surface area contributed by atoms with Crippen molar-refractivity contribution < 1.29 is 32.2 Å². The number of nitrogens with one attached hydrogen (secondary N) is 1. The van der Waals surface area contributed by atoms with Crippen molar-refractivity contribution in [2.24, 2.45) is 0 Å². The number of aromatic nitrogens is 2. The predicted molar refractivity (Wildman–Crippen MR) is 156 cm³/mol. The topological polar surface area (TPSA) is 102 Å². The van der Waals surface area contributed by atoms with Crippen LogP contribution in [0, 0.1) is 0 Å². The van der Waals surface area contributed by atoms with Crippen LogP contribution in [0.1, 0.15) is 37.6 Å². The third-order valence-electron chi connectivity index (χ3n) is 7.67. The number of allylic oxidation sites excluding steroid dienone is 3. The van der Waals surface area contributed by atoms with E-state index in [-0.39, 0.29) is 23.8 Å². The molecule has 2 aromatic carbocycles. The van der Waals surface area contributed by atoms with Gasteiger partial charge < -0.3 is 28.8 Å². The van der Waals surface area contributed by atoms with Gasteiger partial charge in [-0.25, -0.2) is 4.79 Å². The lowest BCUT2D eigenvalue weighted by Gasteiger charge is -2.36. The number of hydrogen-bond donors (Lipinski definition) is 1. The summed E-state index contributed by atoms with van der Waals surface area (Å²) < 4.78 is 48.3. The van der Waals surface area contributed by atoms with Gasteiger partial charge in [0.2, 0.25) is 12.3 Å². The van der Waals surface area contributed by atoms with E-state index < -0.39 is 18.5 Å². The first-order valence-electron chi connectivity index (χ1n) is 14.1. The van der Waals surface area contributed by atoms with Gasteiger partial charge in [-0.15, -0.1) is 10.2 Å². The summed E-state index contributed by atoms with van der Waals surface area (Å²) in [4.78, 5) is 18.3. The zero-order valence-electron chi connectivity index (χ0n) is 24.4. The number of carbonyl (C=O) groups is 1. The number of dihydropyridines is 1. The Labute approximate surface area is 248 Å². The molecule has 0 bridgehead atoms. The number of nitrogens with zero attached hydrogens (tertiary/aromatic N) is 4. The molecule has 10 nitrogen and oxygen atoms in total. The highest BCUT2D eigenvalue weighted by Crippen LogP contribution is 2.46. The number of alkyl halides is 2. The predicted octanol–water partition coefficient (Wildman–Crippen LogP) is 4.83. The summed E-state index contributed by atoms with van der Waals surface area (Å²) in [6.07, 6.45) is 1.81. The molecule has 5 rings (SSSR count). The van der Waals surface area contributed by atoms with E-state index in [2.05, 4.69) is 31.4 Å². The SMILES string of the molecule is COc1ccccc1N1CCN(CCCOC(=O)C2=C(C)NC(C)=C(c3nnco3)C2c2ccccc2OC(F)F)CC1. The Hall–Kier alpha value is -4.45. The molecule has 228 valence electrons. The summed E-state index contributed by atoms with van der Waals surface area (Å²) in [5.74, 6) is -0.440. The zero-order chi connectivity index (χ0) is 30.3. The van der Waals surface area contributed by atoms with Crippen LogP contribution in [0.15, 0.2) is 76.3 Å². The molecule has 1 N–H and O–H groups in total. The number of para-hydroxylation sites is 3. The van der Waals surface area contributed by atoms with Crippen LogP contribution >= 0.6 is 0 Å². The smallest absolute Gasteiger partial charge is 0.387 e. The summed E-state index contributed by atoms with van der Waals surface area (Å²) >= 11 is 0. The maximum Gasteiger partial charge on any atom is 0.387 e. The molecule has 1 saturated heterocycles. The molecule has 0 radical (unpaired) electrons. The van der Waals surface area contributed by atoms with Gasteiger partial charge in [0, 0.05) is 55.3 Å². The molecule has 1 fully saturated rings. The molecule has 12 heteroatoms. The van der Waals surface area contributed by atoms with E-state index >= 15 is 0 Å². The van der Waals surface area contributed by atoms with E-state index in [1.54, 1.807) is 39.2 Å². The highest BCUT2D eigenvalue weighted by atomic mass is 19.3. The van der Waals surface area contributed by atoms with Crippen LogP contribution in [0.3, 0.4) is 0 Å². The molecule has 0 saturated carbocycles. The average Bonchev–Trinajstić information content (AvgIpc) is 3.54. The summed E-state index contributed by atoms with van der Waals surface area (Å²) in [5.41, 5.74) is 3.36. The Morgan fingerprint density at radius 2 is 1.77 bits per heavy atom. The molecule has 3 aromatic rings. The van der Waals surface area contributed by atoms with Crippen LogP contribution < -0.4 is 19.7 Å². The maximum atomic E-state index is 13.6. The third kappa shape index (κ3) is 6.80. The monoisotopic (exact) mass is 595 g/mol. The zero-order valence-corrected chi connectivity index (χ0v) is 24.4. The Balaban J connectivity index is 1.25. The molecule has 0 aliphatic carbocycles. The minimum atomic E-state index is -3.04. The quantitative estimate of drug-likeness (QED) is 0.245. The second-order valence-corrected chi connectivity index (χ2v) is 10.3. The van der Waals surface area contributed by atoms with Crippen LogP contribution in [0.2, 0.25) is 0 Å². The average molecular weight is 596 g/mol. The van der Waals surface area contributed by atoms with Crippen molar-refractivity contribution in [3.05, 3.63) is 83.3 Å². The van der Waals surface area contributed by atoms with Crippen molar-refractivity contribution in [1.82, 2.24) is 20.4 Å². The van der Waals surface area contributed by atoms with E-state index in [4.69, 9.17) is 18.6 Å². The molecule has 2 aliphatic rings. The summed E-state index contributed by atoms with van der Waals surface area (Å²) in [7, 11) is 1.68. The van der Waals surface area contributed by atoms with Crippen molar-refractivity contribution in [3.63, 3.8) is 0 Å².